The minimum absolute atomic E-state index is 0.0255. The van der Waals surface area contributed by atoms with Crippen molar-refractivity contribution in [2.24, 2.45) is 17.8 Å². The van der Waals surface area contributed by atoms with Gasteiger partial charge in [-0.1, -0.05) is 25.7 Å². The molecule has 0 N–H and O–H groups in total. The molecule has 3 aliphatic carbocycles. The second kappa shape index (κ2) is 5.68. The number of carbonyl (C=O) groups excluding carboxylic acids is 1. The summed E-state index contributed by atoms with van der Waals surface area (Å²) in [6.07, 6.45) is 15.4. The van der Waals surface area contributed by atoms with Gasteiger partial charge >= 0.3 is 0 Å². The Kier molecular flexibility index (Phi) is 3.85. The lowest BCUT2D eigenvalue weighted by atomic mass is 9.78. The van der Waals surface area contributed by atoms with Gasteiger partial charge in [0.05, 0.1) is 5.54 Å². The highest BCUT2D eigenvalue weighted by atomic mass is 16.1. The minimum atomic E-state index is -0.0255. The van der Waals surface area contributed by atoms with E-state index in [9.17, 15) is 4.79 Å². The number of piperidine rings is 1. The van der Waals surface area contributed by atoms with Gasteiger partial charge in [-0.25, -0.2) is 0 Å². The van der Waals surface area contributed by atoms with Crippen molar-refractivity contribution in [1.29, 1.82) is 0 Å². The lowest BCUT2D eigenvalue weighted by molar-refractivity contribution is -0.133. The zero-order chi connectivity index (χ0) is 14.3. The van der Waals surface area contributed by atoms with Crippen molar-refractivity contribution in [2.45, 2.75) is 82.6 Å². The number of hydrogen-bond donors (Lipinski definition) is 0. The van der Waals surface area contributed by atoms with Gasteiger partial charge in [-0.3, -0.25) is 9.69 Å². The Morgan fingerprint density at radius 2 is 1.71 bits per heavy atom. The van der Waals surface area contributed by atoms with Crippen LogP contribution in [-0.4, -0.2) is 29.3 Å². The first kappa shape index (κ1) is 14.2. The van der Waals surface area contributed by atoms with Gasteiger partial charge in [-0.05, 0) is 75.8 Å². The molecule has 21 heavy (non-hydrogen) atoms. The van der Waals surface area contributed by atoms with Crippen LogP contribution < -0.4 is 0 Å². The number of fused-ring (bicyclic) bond motifs is 2. The number of likely N-dealkylation sites (tertiary alicyclic amines) is 1. The molecule has 4 fully saturated rings. The summed E-state index contributed by atoms with van der Waals surface area (Å²) < 4.78 is 0. The highest BCUT2D eigenvalue weighted by molar-refractivity contribution is 5.89. The van der Waals surface area contributed by atoms with E-state index in [1.807, 2.05) is 0 Å². The Morgan fingerprint density at radius 1 is 0.952 bits per heavy atom. The average molecular weight is 289 g/mol. The molecule has 0 aromatic rings. The van der Waals surface area contributed by atoms with Crippen LogP contribution >= 0.6 is 0 Å². The van der Waals surface area contributed by atoms with Crippen LogP contribution in [-0.2, 0) is 4.79 Å². The molecule has 0 aromatic carbocycles. The third-order valence-electron chi connectivity index (χ3n) is 7.24. The van der Waals surface area contributed by atoms with Crippen LogP contribution in [0.25, 0.3) is 0 Å². The van der Waals surface area contributed by atoms with Gasteiger partial charge in [-0.15, -0.1) is 0 Å². The second-order valence-corrected chi connectivity index (χ2v) is 8.35. The first-order valence-electron chi connectivity index (χ1n) is 9.56. The molecule has 2 bridgehead atoms. The van der Waals surface area contributed by atoms with Gasteiger partial charge in [0, 0.05) is 6.42 Å². The highest BCUT2D eigenvalue weighted by Crippen LogP contribution is 2.51. The molecule has 1 heterocycles. The maximum atomic E-state index is 13.3. The summed E-state index contributed by atoms with van der Waals surface area (Å²) in [5.41, 5.74) is -0.0255. The smallest absolute Gasteiger partial charge is 0.153 e. The summed E-state index contributed by atoms with van der Waals surface area (Å²) in [4.78, 5) is 15.9. The van der Waals surface area contributed by atoms with Gasteiger partial charge in [0.1, 0.15) is 0 Å². The normalized spacial score (nSPS) is 39.0. The van der Waals surface area contributed by atoms with E-state index >= 15 is 0 Å². The maximum Gasteiger partial charge on any atom is 0.153 e. The van der Waals surface area contributed by atoms with E-state index in [1.165, 1.54) is 70.9 Å². The molecule has 0 amide bonds. The lowest BCUT2D eigenvalue weighted by Crippen LogP contribution is -2.55. The fourth-order valence-electron chi connectivity index (χ4n) is 6.11. The maximum absolute atomic E-state index is 13.3. The molecule has 1 saturated heterocycles. The highest BCUT2D eigenvalue weighted by Gasteiger charge is 2.48. The van der Waals surface area contributed by atoms with E-state index in [0.717, 1.165) is 37.0 Å². The van der Waals surface area contributed by atoms with Crippen LogP contribution in [0, 0.1) is 17.8 Å². The van der Waals surface area contributed by atoms with Crippen molar-refractivity contribution >= 4 is 5.78 Å². The lowest BCUT2D eigenvalue weighted by Gasteiger charge is -2.43. The molecule has 4 aliphatic rings. The number of ketones is 1. The summed E-state index contributed by atoms with van der Waals surface area (Å²) in [5.74, 6) is 3.26. The molecule has 118 valence electrons. The molecular weight excluding hydrogens is 258 g/mol. The van der Waals surface area contributed by atoms with Crippen LogP contribution in [0.5, 0.6) is 0 Å². The minimum Gasteiger partial charge on any atom is -0.298 e. The topological polar surface area (TPSA) is 20.3 Å². The van der Waals surface area contributed by atoms with Gasteiger partial charge < -0.3 is 0 Å². The third kappa shape index (κ3) is 2.48. The molecule has 0 spiro atoms. The molecule has 0 aromatic heterocycles. The van der Waals surface area contributed by atoms with Crippen LogP contribution in [0.4, 0.5) is 0 Å². The van der Waals surface area contributed by atoms with E-state index in [2.05, 4.69) is 4.90 Å². The van der Waals surface area contributed by atoms with Gasteiger partial charge in [-0.2, -0.15) is 0 Å². The van der Waals surface area contributed by atoms with Gasteiger partial charge in [0.25, 0.3) is 0 Å². The van der Waals surface area contributed by atoms with Crippen molar-refractivity contribution < 1.29 is 4.79 Å². The second-order valence-electron chi connectivity index (χ2n) is 8.35. The fourth-order valence-corrected chi connectivity index (χ4v) is 6.11. The Bertz CT molecular complexity index is 392. The van der Waals surface area contributed by atoms with Crippen LogP contribution in [0.15, 0.2) is 0 Å². The number of rotatable bonds is 4. The number of Topliss-reactive ketones (excluding diaryl/α,β-unsaturated/α-hetero) is 1. The zero-order valence-electron chi connectivity index (χ0n) is 13.5. The first-order chi connectivity index (χ1) is 10.3. The largest absolute Gasteiger partial charge is 0.298 e. The van der Waals surface area contributed by atoms with Gasteiger partial charge in [0.15, 0.2) is 5.78 Å². The third-order valence-corrected chi connectivity index (χ3v) is 7.24. The van der Waals surface area contributed by atoms with Crippen molar-refractivity contribution in [2.75, 3.05) is 13.1 Å². The zero-order valence-corrected chi connectivity index (χ0v) is 13.5. The van der Waals surface area contributed by atoms with E-state index in [0.29, 0.717) is 5.78 Å². The SMILES string of the molecule is O=C(CC1CC2CCC1C2)C1(N2CCCCC2)CCCC1. The molecule has 1 aliphatic heterocycles. The van der Waals surface area contributed by atoms with Crippen molar-refractivity contribution in [1.82, 2.24) is 4.90 Å². The fraction of sp³-hybridized carbons (Fsp3) is 0.947. The van der Waals surface area contributed by atoms with E-state index in [-0.39, 0.29) is 5.54 Å². The quantitative estimate of drug-likeness (QED) is 0.774. The van der Waals surface area contributed by atoms with Crippen molar-refractivity contribution in [3.8, 4) is 0 Å². The standard InChI is InChI=1S/C19H31NO/c21-18(14-17-13-15-6-7-16(17)12-15)19(8-2-3-9-19)20-10-4-1-5-11-20/h15-17H,1-14H2. The average Bonchev–Trinajstić information content (AvgIpc) is 3.25. The molecular formula is C19H31NO. The summed E-state index contributed by atoms with van der Waals surface area (Å²) >= 11 is 0. The predicted octanol–water partition coefficient (Wildman–Crippen LogP) is 4.18. The number of nitrogens with zero attached hydrogens (tertiary/aromatic N) is 1. The summed E-state index contributed by atoms with van der Waals surface area (Å²) in [6, 6.07) is 0. The van der Waals surface area contributed by atoms with Gasteiger partial charge in [0.2, 0.25) is 0 Å². The molecule has 3 unspecified atom stereocenters. The van der Waals surface area contributed by atoms with Crippen LogP contribution in [0.3, 0.4) is 0 Å². The number of carbonyl (C=O) groups is 1. The molecule has 3 atom stereocenters. The van der Waals surface area contributed by atoms with Crippen LogP contribution in [0.1, 0.15) is 77.0 Å². The summed E-state index contributed by atoms with van der Waals surface area (Å²) in [7, 11) is 0. The Hall–Kier alpha value is -0.370. The molecule has 2 heteroatoms. The predicted molar refractivity (Wildman–Crippen MR) is 85.2 cm³/mol. The van der Waals surface area contributed by atoms with E-state index in [4.69, 9.17) is 0 Å². The number of hydrogen-bond acceptors (Lipinski definition) is 2. The summed E-state index contributed by atoms with van der Waals surface area (Å²) in [5, 5.41) is 0. The Morgan fingerprint density at radius 3 is 2.33 bits per heavy atom. The molecule has 3 saturated carbocycles. The monoisotopic (exact) mass is 289 g/mol. The Labute approximate surface area is 129 Å². The van der Waals surface area contributed by atoms with Crippen molar-refractivity contribution in [3.05, 3.63) is 0 Å². The van der Waals surface area contributed by atoms with Crippen molar-refractivity contribution in [3.63, 3.8) is 0 Å². The molecule has 4 rings (SSSR count). The van der Waals surface area contributed by atoms with E-state index in [1.54, 1.807) is 0 Å². The summed E-state index contributed by atoms with van der Waals surface area (Å²) in [6.45, 7) is 2.37. The molecule has 0 radical (unpaired) electrons. The molecule has 2 nitrogen and oxygen atoms in total. The first-order valence-corrected chi connectivity index (χ1v) is 9.56. The Balaban J connectivity index is 1.46. The van der Waals surface area contributed by atoms with Crippen LogP contribution in [0.2, 0.25) is 0 Å². The van der Waals surface area contributed by atoms with E-state index < -0.39 is 0 Å².